The largest absolute Gasteiger partial charge is 0.326 e. The summed E-state index contributed by atoms with van der Waals surface area (Å²) in [6.07, 6.45) is 2.65. The Morgan fingerprint density at radius 2 is 2.09 bits per heavy atom. The first-order valence-corrected chi connectivity index (χ1v) is 9.57. The van der Waals surface area contributed by atoms with Gasteiger partial charge in [0, 0.05) is 10.9 Å². The topological polar surface area (TPSA) is 62.3 Å². The van der Waals surface area contributed by atoms with Crippen molar-refractivity contribution in [2.24, 2.45) is 0 Å². The van der Waals surface area contributed by atoms with E-state index in [9.17, 15) is 9.59 Å². The first-order valence-electron chi connectivity index (χ1n) is 7.29. The number of aromatic nitrogens is 1. The van der Waals surface area contributed by atoms with E-state index in [4.69, 9.17) is 0 Å². The van der Waals surface area contributed by atoms with Crippen LogP contribution in [0.4, 0.5) is 4.79 Å². The van der Waals surface area contributed by atoms with Crippen molar-refractivity contribution in [2.75, 3.05) is 12.0 Å². The van der Waals surface area contributed by atoms with Gasteiger partial charge in [-0.3, -0.25) is 9.69 Å². The van der Waals surface area contributed by atoms with E-state index in [1.165, 1.54) is 16.2 Å². The fourth-order valence-electron chi connectivity index (χ4n) is 2.41. The highest BCUT2D eigenvalue weighted by molar-refractivity contribution is 7.98. The molecule has 0 radical (unpaired) electrons. The van der Waals surface area contributed by atoms with Crippen molar-refractivity contribution in [2.45, 2.75) is 19.0 Å². The van der Waals surface area contributed by atoms with E-state index in [-0.39, 0.29) is 18.5 Å². The number of carbonyl (C=O) groups is 2. The van der Waals surface area contributed by atoms with E-state index in [0.717, 1.165) is 22.0 Å². The molecule has 23 heavy (non-hydrogen) atoms. The Morgan fingerprint density at radius 3 is 2.83 bits per heavy atom. The summed E-state index contributed by atoms with van der Waals surface area (Å²) in [4.78, 5) is 30.1. The second kappa shape index (κ2) is 7.14. The van der Waals surface area contributed by atoms with Gasteiger partial charge in [0.15, 0.2) is 0 Å². The molecule has 120 valence electrons. The number of rotatable bonds is 6. The zero-order valence-corrected chi connectivity index (χ0v) is 14.3. The maximum Gasteiger partial charge on any atom is 0.325 e. The predicted octanol–water partition coefficient (Wildman–Crippen LogP) is 2.98. The van der Waals surface area contributed by atoms with Crippen LogP contribution in [0.25, 0.3) is 10.6 Å². The van der Waals surface area contributed by atoms with Crippen LogP contribution in [0.3, 0.4) is 0 Å². The fourth-order valence-corrected chi connectivity index (χ4v) is 3.70. The third-order valence-corrected chi connectivity index (χ3v) is 5.19. The summed E-state index contributed by atoms with van der Waals surface area (Å²) in [5.41, 5.74) is 1.78. The molecule has 1 aliphatic heterocycles. The van der Waals surface area contributed by atoms with Gasteiger partial charge in [-0.05, 0) is 18.4 Å². The summed E-state index contributed by atoms with van der Waals surface area (Å²) in [6.45, 7) is 0.226. The van der Waals surface area contributed by atoms with Gasteiger partial charge in [-0.1, -0.05) is 30.3 Å². The summed E-state index contributed by atoms with van der Waals surface area (Å²) < 4.78 is 0. The Morgan fingerprint density at radius 1 is 1.30 bits per heavy atom. The van der Waals surface area contributed by atoms with Gasteiger partial charge in [0.2, 0.25) is 0 Å². The molecule has 0 spiro atoms. The minimum atomic E-state index is -0.401. The maximum atomic E-state index is 12.3. The Labute approximate surface area is 143 Å². The molecular formula is C16H17N3O2S2. The average molecular weight is 347 g/mol. The highest BCUT2D eigenvalue weighted by Gasteiger charge is 2.37. The van der Waals surface area contributed by atoms with Crippen LogP contribution >= 0.6 is 23.1 Å². The molecule has 2 aromatic rings. The number of carbonyl (C=O) groups excluding carboxylic acids is 2. The molecule has 1 atom stereocenters. The summed E-state index contributed by atoms with van der Waals surface area (Å²) in [5.74, 6) is 0.692. The number of nitrogens with one attached hydrogen (secondary N) is 1. The lowest BCUT2D eigenvalue weighted by molar-refractivity contribution is -0.127. The van der Waals surface area contributed by atoms with Gasteiger partial charge in [0.25, 0.3) is 5.91 Å². The van der Waals surface area contributed by atoms with Gasteiger partial charge >= 0.3 is 6.03 Å². The van der Waals surface area contributed by atoms with Crippen molar-refractivity contribution in [3.05, 3.63) is 41.4 Å². The summed E-state index contributed by atoms with van der Waals surface area (Å²) >= 11 is 3.18. The van der Waals surface area contributed by atoms with Crippen LogP contribution in [0.15, 0.2) is 35.7 Å². The minimum absolute atomic E-state index is 0.154. The third-order valence-electron chi connectivity index (χ3n) is 3.61. The molecular weight excluding hydrogens is 330 g/mol. The van der Waals surface area contributed by atoms with Gasteiger partial charge in [0.05, 0.1) is 12.2 Å². The lowest BCUT2D eigenvalue weighted by Gasteiger charge is -2.11. The Bertz CT molecular complexity index is 702. The van der Waals surface area contributed by atoms with Crippen LogP contribution in [-0.4, -0.2) is 39.9 Å². The molecule has 1 aromatic heterocycles. The Hall–Kier alpha value is -1.86. The van der Waals surface area contributed by atoms with Crippen molar-refractivity contribution in [1.82, 2.24) is 15.2 Å². The molecule has 1 fully saturated rings. The number of benzene rings is 1. The number of amides is 3. The number of nitrogens with zero attached hydrogens (tertiary/aromatic N) is 2. The summed E-state index contributed by atoms with van der Waals surface area (Å²) in [6, 6.07) is 9.15. The smallest absolute Gasteiger partial charge is 0.325 e. The number of hydrogen-bond donors (Lipinski definition) is 1. The Kier molecular flexibility index (Phi) is 4.97. The maximum absolute atomic E-state index is 12.3. The van der Waals surface area contributed by atoms with Crippen LogP contribution in [0.2, 0.25) is 0 Å². The molecule has 1 aliphatic rings. The third kappa shape index (κ3) is 3.56. The minimum Gasteiger partial charge on any atom is -0.326 e. The molecule has 5 nitrogen and oxygen atoms in total. The van der Waals surface area contributed by atoms with E-state index >= 15 is 0 Å². The normalized spacial score (nSPS) is 17.6. The van der Waals surface area contributed by atoms with E-state index in [1.807, 2.05) is 42.0 Å². The van der Waals surface area contributed by atoms with Crippen LogP contribution in [-0.2, 0) is 11.3 Å². The van der Waals surface area contributed by atoms with Gasteiger partial charge in [0.1, 0.15) is 11.0 Å². The molecule has 1 N–H and O–H groups in total. The van der Waals surface area contributed by atoms with E-state index in [2.05, 4.69) is 10.3 Å². The van der Waals surface area contributed by atoms with Crippen LogP contribution in [0.1, 0.15) is 12.1 Å². The van der Waals surface area contributed by atoms with E-state index in [0.29, 0.717) is 6.42 Å². The van der Waals surface area contributed by atoms with Crippen LogP contribution in [0.5, 0.6) is 0 Å². The molecule has 7 heteroatoms. The van der Waals surface area contributed by atoms with Crippen molar-refractivity contribution < 1.29 is 9.59 Å². The van der Waals surface area contributed by atoms with Crippen molar-refractivity contribution in [3.63, 3.8) is 0 Å². The zero-order valence-electron chi connectivity index (χ0n) is 12.7. The standard InChI is InChI=1S/C16H17N3O2S2/c1-22-8-7-13-15(20)19(16(21)18-13)9-12-10-23-14(17-12)11-5-3-2-4-6-11/h2-6,10,13H,7-9H2,1H3,(H,18,21)/t13-/m0/s1. The first kappa shape index (κ1) is 16.0. The Balaban J connectivity index is 1.69. The molecule has 1 saturated heterocycles. The second-order valence-electron chi connectivity index (χ2n) is 5.22. The lowest BCUT2D eigenvalue weighted by atomic mass is 10.2. The lowest BCUT2D eigenvalue weighted by Crippen LogP contribution is -2.31. The zero-order chi connectivity index (χ0) is 16.2. The molecule has 3 rings (SSSR count). The first-order chi connectivity index (χ1) is 11.2. The van der Waals surface area contributed by atoms with Gasteiger partial charge in [-0.15, -0.1) is 11.3 Å². The molecule has 2 heterocycles. The van der Waals surface area contributed by atoms with Crippen molar-refractivity contribution >= 4 is 35.0 Å². The predicted molar refractivity (Wildman–Crippen MR) is 93.4 cm³/mol. The number of thioether (sulfide) groups is 1. The molecule has 3 amide bonds. The SMILES string of the molecule is CSCC[C@@H]1NC(=O)N(Cc2csc(-c3ccccc3)n2)C1=O. The highest BCUT2D eigenvalue weighted by Crippen LogP contribution is 2.24. The molecule has 1 aromatic carbocycles. The molecule has 0 aliphatic carbocycles. The number of imide groups is 1. The second-order valence-corrected chi connectivity index (χ2v) is 7.06. The summed E-state index contributed by atoms with van der Waals surface area (Å²) in [7, 11) is 0. The quantitative estimate of drug-likeness (QED) is 0.816. The average Bonchev–Trinajstić information content (AvgIpc) is 3.14. The monoisotopic (exact) mass is 347 g/mol. The fraction of sp³-hybridized carbons (Fsp3) is 0.312. The van der Waals surface area contributed by atoms with Gasteiger partial charge in [-0.2, -0.15) is 11.8 Å². The number of hydrogen-bond acceptors (Lipinski definition) is 5. The van der Waals surface area contributed by atoms with E-state index < -0.39 is 6.04 Å². The van der Waals surface area contributed by atoms with Crippen LogP contribution in [0, 0.1) is 0 Å². The van der Waals surface area contributed by atoms with Crippen molar-refractivity contribution in [1.29, 1.82) is 0 Å². The summed E-state index contributed by atoms with van der Waals surface area (Å²) in [5, 5.41) is 5.54. The molecule has 0 unspecified atom stereocenters. The molecule has 0 saturated carbocycles. The van der Waals surface area contributed by atoms with Crippen molar-refractivity contribution in [3.8, 4) is 10.6 Å². The highest BCUT2D eigenvalue weighted by atomic mass is 32.2. The molecule has 0 bridgehead atoms. The number of thiazole rings is 1. The number of urea groups is 1. The van der Waals surface area contributed by atoms with Gasteiger partial charge in [-0.25, -0.2) is 9.78 Å². The van der Waals surface area contributed by atoms with Gasteiger partial charge < -0.3 is 5.32 Å². The van der Waals surface area contributed by atoms with E-state index in [1.54, 1.807) is 11.8 Å². The van der Waals surface area contributed by atoms with Crippen LogP contribution < -0.4 is 5.32 Å².